The van der Waals surface area contributed by atoms with Gasteiger partial charge in [-0.25, -0.2) is 4.98 Å². The summed E-state index contributed by atoms with van der Waals surface area (Å²) in [6.07, 6.45) is 0. The summed E-state index contributed by atoms with van der Waals surface area (Å²) in [5, 5.41) is 8.20. The zero-order valence-electron chi connectivity index (χ0n) is 34.4. The van der Waals surface area contributed by atoms with Crippen LogP contribution in [-0.2, 0) is 0 Å². The van der Waals surface area contributed by atoms with E-state index in [0.29, 0.717) is 0 Å². The Morgan fingerprint density at radius 1 is 0.375 bits per heavy atom. The minimum absolute atomic E-state index is 0.889. The van der Waals surface area contributed by atoms with Crippen LogP contribution in [0.2, 0.25) is 0 Å². The first kappa shape index (κ1) is 36.8. The minimum Gasteiger partial charge on any atom is -0.456 e. The first-order chi connectivity index (χ1) is 31.7. The number of furan rings is 1. The smallest absolute Gasteiger partial charge is 0.135 e. The Bertz CT molecular complexity index is 3900. The van der Waals surface area contributed by atoms with Gasteiger partial charge in [0.25, 0.3) is 0 Å². The highest BCUT2D eigenvalue weighted by Gasteiger charge is 2.21. The van der Waals surface area contributed by atoms with Gasteiger partial charge in [0, 0.05) is 59.1 Å². The van der Waals surface area contributed by atoms with Crippen LogP contribution in [0.5, 0.6) is 0 Å². The van der Waals surface area contributed by atoms with Crippen molar-refractivity contribution in [2.45, 2.75) is 0 Å². The van der Waals surface area contributed by atoms with E-state index < -0.39 is 0 Å². The lowest BCUT2D eigenvalue weighted by atomic mass is 10.00. The van der Waals surface area contributed by atoms with Crippen LogP contribution in [-0.4, -0.2) is 4.98 Å². The van der Waals surface area contributed by atoms with Gasteiger partial charge >= 0.3 is 0 Å². The molecule has 0 amide bonds. The molecule has 64 heavy (non-hydrogen) atoms. The maximum Gasteiger partial charge on any atom is 0.135 e. The van der Waals surface area contributed by atoms with Crippen LogP contribution >= 0.6 is 22.7 Å². The number of thiophene rings is 1. The quantitative estimate of drug-likeness (QED) is 0.160. The molecule has 0 unspecified atom stereocenters. The molecule has 0 saturated carbocycles. The molecule has 3 nitrogen and oxygen atoms in total. The summed E-state index contributed by atoms with van der Waals surface area (Å²) in [5.74, 6) is 0. The summed E-state index contributed by atoms with van der Waals surface area (Å²) < 4.78 is 9.90. The summed E-state index contributed by atoms with van der Waals surface area (Å²) in [6, 6.07) is 78.6. The second kappa shape index (κ2) is 14.9. The second-order valence-corrected chi connectivity index (χ2v) is 18.4. The van der Waals surface area contributed by atoms with Crippen molar-refractivity contribution in [3.8, 4) is 44.0 Å². The van der Waals surface area contributed by atoms with Crippen molar-refractivity contribution in [1.82, 2.24) is 4.98 Å². The van der Waals surface area contributed by atoms with Crippen molar-refractivity contribution in [2.24, 2.45) is 0 Å². The standard InChI is InChI=1S/C59H36N2OS2/c1-2-11-37(12-3-1)42-15-10-16-47(34-42)61(45-28-23-39(24-29-45)43-22-21-38-13-4-5-14-41(38)33-43)46-30-25-40(26-31-46)50-36-55-56(49-18-7-9-20-54(49)63-55)57-58(50)64-59(60-57)44-27-32-53-51(35-44)48-17-6-8-19-52(48)62-53/h1-36H. The normalized spacial score (nSPS) is 11.8. The fraction of sp³-hybridized carbons (Fsp3) is 0. The van der Waals surface area contributed by atoms with E-state index in [1.54, 1.807) is 11.3 Å². The Balaban J connectivity index is 0.939. The number of para-hydroxylation sites is 1. The number of aromatic nitrogens is 1. The van der Waals surface area contributed by atoms with Gasteiger partial charge < -0.3 is 9.32 Å². The van der Waals surface area contributed by atoms with Gasteiger partial charge in [-0.3, -0.25) is 0 Å². The number of rotatable bonds is 7. The average Bonchev–Trinajstić information content (AvgIpc) is 4.08. The molecule has 10 aromatic carbocycles. The third-order valence-corrected chi connectivity index (χ3v) is 14.7. The van der Waals surface area contributed by atoms with E-state index in [0.717, 1.165) is 60.7 Å². The van der Waals surface area contributed by atoms with Gasteiger partial charge in [0.15, 0.2) is 0 Å². The first-order valence-corrected chi connectivity index (χ1v) is 23.1. The highest BCUT2D eigenvalue weighted by atomic mass is 32.1. The number of anilines is 3. The van der Waals surface area contributed by atoms with Crippen LogP contribution in [0.3, 0.4) is 0 Å². The van der Waals surface area contributed by atoms with Crippen LogP contribution in [0.15, 0.2) is 223 Å². The highest BCUT2D eigenvalue weighted by molar-refractivity contribution is 7.26. The largest absolute Gasteiger partial charge is 0.456 e. The Kier molecular flexibility index (Phi) is 8.58. The van der Waals surface area contributed by atoms with Gasteiger partial charge in [0.2, 0.25) is 0 Å². The van der Waals surface area contributed by atoms with Gasteiger partial charge in [0.05, 0.1) is 10.2 Å². The Morgan fingerprint density at radius 3 is 1.86 bits per heavy atom. The first-order valence-electron chi connectivity index (χ1n) is 21.5. The summed E-state index contributed by atoms with van der Waals surface area (Å²) in [4.78, 5) is 7.85. The molecule has 13 rings (SSSR count). The van der Waals surface area contributed by atoms with Gasteiger partial charge in [0.1, 0.15) is 16.2 Å². The Morgan fingerprint density at radius 2 is 1.02 bits per heavy atom. The molecular weight excluding hydrogens is 817 g/mol. The molecular formula is C59H36N2OS2. The van der Waals surface area contributed by atoms with E-state index >= 15 is 0 Å². The fourth-order valence-electron chi connectivity index (χ4n) is 9.34. The maximum atomic E-state index is 6.20. The third kappa shape index (κ3) is 6.20. The Labute approximate surface area is 377 Å². The highest BCUT2D eigenvalue weighted by Crippen LogP contribution is 2.47. The molecule has 0 spiro atoms. The van der Waals surface area contributed by atoms with Crippen LogP contribution in [0.25, 0.3) is 107 Å². The summed E-state index contributed by atoms with van der Waals surface area (Å²) in [6.45, 7) is 0. The minimum atomic E-state index is 0.889. The van der Waals surface area contributed by atoms with Crippen molar-refractivity contribution in [2.75, 3.05) is 4.90 Å². The number of hydrogen-bond donors (Lipinski definition) is 0. The lowest BCUT2D eigenvalue weighted by Crippen LogP contribution is -2.10. The van der Waals surface area contributed by atoms with Gasteiger partial charge in [-0.15, -0.1) is 22.7 Å². The Hall–Kier alpha value is -7.83. The molecule has 13 aromatic rings. The van der Waals surface area contributed by atoms with E-state index in [1.807, 2.05) is 23.5 Å². The summed E-state index contributed by atoms with van der Waals surface area (Å²) in [5.41, 5.74) is 14.3. The monoisotopic (exact) mass is 852 g/mol. The van der Waals surface area contributed by atoms with E-state index in [2.05, 4.69) is 211 Å². The second-order valence-electron chi connectivity index (χ2n) is 16.3. The third-order valence-electron chi connectivity index (χ3n) is 12.5. The topological polar surface area (TPSA) is 29.3 Å². The SMILES string of the molecule is c1ccc(-c2cccc(N(c3ccc(-c4ccc5ccccc5c4)cc3)c3ccc(-c4cc5sc6ccccc6c5c5nc(-c6ccc7oc8ccccc8c7c6)sc45)cc3)c2)cc1. The molecule has 0 radical (unpaired) electrons. The van der Waals surface area contributed by atoms with Crippen LogP contribution < -0.4 is 4.90 Å². The lowest BCUT2D eigenvalue weighted by molar-refractivity contribution is 0.669. The molecule has 0 aliphatic carbocycles. The van der Waals surface area contributed by atoms with Crippen molar-refractivity contribution in [1.29, 1.82) is 0 Å². The van der Waals surface area contributed by atoms with E-state index in [4.69, 9.17) is 9.40 Å². The van der Waals surface area contributed by atoms with Crippen molar-refractivity contribution < 1.29 is 4.42 Å². The fourth-order valence-corrected chi connectivity index (χ4v) is 11.6. The molecule has 0 aliphatic heterocycles. The summed E-state index contributed by atoms with van der Waals surface area (Å²) >= 11 is 3.61. The molecule has 300 valence electrons. The van der Waals surface area contributed by atoms with Crippen LogP contribution in [0.1, 0.15) is 0 Å². The lowest BCUT2D eigenvalue weighted by Gasteiger charge is -2.26. The van der Waals surface area contributed by atoms with Crippen LogP contribution in [0, 0.1) is 0 Å². The molecule has 0 aliphatic rings. The predicted molar refractivity (Wildman–Crippen MR) is 274 cm³/mol. The zero-order valence-corrected chi connectivity index (χ0v) is 36.0. The predicted octanol–water partition coefficient (Wildman–Crippen LogP) is 17.9. The van der Waals surface area contributed by atoms with E-state index in [1.165, 1.54) is 63.5 Å². The molecule has 0 saturated heterocycles. The number of nitrogens with zero attached hydrogens (tertiary/aromatic N) is 2. The molecule has 3 heterocycles. The number of hydrogen-bond acceptors (Lipinski definition) is 5. The summed E-state index contributed by atoms with van der Waals surface area (Å²) in [7, 11) is 0. The number of thiazole rings is 1. The molecule has 0 fully saturated rings. The van der Waals surface area contributed by atoms with Gasteiger partial charge in [-0.2, -0.15) is 0 Å². The zero-order chi connectivity index (χ0) is 42.1. The van der Waals surface area contributed by atoms with E-state index in [9.17, 15) is 0 Å². The maximum absolute atomic E-state index is 6.20. The molecule has 3 aromatic heterocycles. The molecule has 0 N–H and O–H groups in total. The van der Waals surface area contributed by atoms with Crippen molar-refractivity contribution in [3.63, 3.8) is 0 Å². The number of benzene rings is 10. The van der Waals surface area contributed by atoms with Gasteiger partial charge in [-0.1, -0.05) is 140 Å². The average molecular weight is 853 g/mol. The van der Waals surface area contributed by atoms with E-state index in [-0.39, 0.29) is 0 Å². The van der Waals surface area contributed by atoms with Crippen molar-refractivity contribution >= 4 is 103 Å². The van der Waals surface area contributed by atoms with Crippen molar-refractivity contribution in [3.05, 3.63) is 218 Å². The number of fused-ring (bicyclic) bond motifs is 9. The molecule has 5 heteroatoms. The molecule has 0 bridgehead atoms. The van der Waals surface area contributed by atoms with Gasteiger partial charge in [-0.05, 0) is 117 Å². The molecule has 0 atom stereocenters. The van der Waals surface area contributed by atoms with Crippen LogP contribution in [0.4, 0.5) is 17.1 Å².